The number of nitrogens with zero attached hydrogens (tertiary/aromatic N) is 3. The number of hydrogen-bond donors (Lipinski definition) is 1. The van der Waals surface area contributed by atoms with Crippen LogP contribution in [0.25, 0.3) is 0 Å². The number of carbonyl (C=O) groups excluding carboxylic acids is 2. The number of ether oxygens (including phenoxy) is 2. The van der Waals surface area contributed by atoms with Crippen molar-refractivity contribution in [2.75, 3.05) is 19.3 Å². The van der Waals surface area contributed by atoms with Gasteiger partial charge in [-0.05, 0) is 31.0 Å². The Kier molecular flexibility index (Phi) is 8.49. The fourth-order valence-electron chi connectivity index (χ4n) is 3.82. The van der Waals surface area contributed by atoms with Crippen LogP contribution in [0.2, 0.25) is 0 Å². The maximum atomic E-state index is 14.4. The van der Waals surface area contributed by atoms with Crippen LogP contribution in [0.1, 0.15) is 39.2 Å². The Bertz CT molecular complexity index is 1230. The molecule has 36 heavy (non-hydrogen) atoms. The second kappa shape index (κ2) is 11.2. The van der Waals surface area contributed by atoms with E-state index >= 15 is 0 Å². The lowest BCUT2D eigenvalue weighted by Gasteiger charge is -2.35. The second-order valence-corrected chi connectivity index (χ2v) is 11.2. The average molecular weight is 523 g/mol. The number of amides is 2. The molecule has 2 aromatic rings. The van der Waals surface area contributed by atoms with E-state index in [1.807, 2.05) is 13.8 Å². The molecule has 1 aliphatic heterocycles. The van der Waals surface area contributed by atoms with E-state index in [1.165, 1.54) is 25.4 Å². The van der Waals surface area contributed by atoms with Gasteiger partial charge >= 0.3 is 0 Å². The van der Waals surface area contributed by atoms with Gasteiger partial charge < -0.3 is 19.7 Å². The Hall–Kier alpha value is -3.28. The quantitative estimate of drug-likeness (QED) is 0.561. The first-order valence-electron chi connectivity index (χ1n) is 11.6. The van der Waals surface area contributed by atoms with E-state index < -0.39 is 21.7 Å². The molecule has 0 radical (unpaired) electrons. The minimum atomic E-state index is -3.55. The molecule has 12 heteroatoms. The molecule has 1 aromatic carbocycles. The molecule has 2 heterocycles. The molecule has 0 spiro atoms. The number of hydrogen-bond acceptors (Lipinski definition) is 8. The molecule has 1 aliphatic rings. The molecule has 196 valence electrons. The summed E-state index contributed by atoms with van der Waals surface area (Å²) in [7, 11) is -3.55. The third-order valence-electron chi connectivity index (χ3n) is 5.85. The van der Waals surface area contributed by atoms with Crippen LogP contribution in [0.4, 0.5) is 4.39 Å². The van der Waals surface area contributed by atoms with Crippen molar-refractivity contribution in [3.05, 3.63) is 35.9 Å². The normalized spacial score (nSPS) is 15.5. The zero-order valence-electron chi connectivity index (χ0n) is 20.9. The first-order valence-corrected chi connectivity index (χ1v) is 13.5. The largest absolute Gasteiger partial charge is 0.474 e. The second-order valence-electron chi connectivity index (χ2n) is 9.14. The molecule has 0 aliphatic carbocycles. The summed E-state index contributed by atoms with van der Waals surface area (Å²) in [5.41, 5.74) is 0.452. The fraction of sp³-hybridized carbons (Fsp3) is 0.500. The van der Waals surface area contributed by atoms with Crippen LogP contribution in [0.15, 0.2) is 29.4 Å². The summed E-state index contributed by atoms with van der Waals surface area (Å²) in [4.78, 5) is 34.2. The van der Waals surface area contributed by atoms with Crippen molar-refractivity contribution in [1.82, 2.24) is 20.2 Å². The molecular formula is C24H31FN4O6S. The predicted octanol–water partition coefficient (Wildman–Crippen LogP) is 2.65. The minimum Gasteiger partial charge on any atom is -0.474 e. The number of nitrogens with one attached hydrogen (secondary N) is 1. The Labute approximate surface area is 210 Å². The Balaban J connectivity index is 1.65. The molecule has 1 atom stereocenters. The first kappa shape index (κ1) is 27.3. The Morgan fingerprint density at radius 1 is 1.17 bits per heavy atom. The van der Waals surface area contributed by atoms with Gasteiger partial charge in [0.05, 0.1) is 10.5 Å². The van der Waals surface area contributed by atoms with E-state index in [-0.39, 0.29) is 46.2 Å². The first-order chi connectivity index (χ1) is 16.9. The topological polar surface area (TPSA) is 128 Å². The maximum Gasteiger partial charge on any atom is 0.245 e. The van der Waals surface area contributed by atoms with Gasteiger partial charge in [0.1, 0.15) is 18.5 Å². The summed E-state index contributed by atoms with van der Waals surface area (Å²) in [6.45, 7) is 7.78. The van der Waals surface area contributed by atoms with E-state index in [4.69, 9.17) is 9.47 Å². The van der Waals surface area contributed by atoms with E-state index in [0.29, 0.717) is 31.5 Å². The van der Waals surface area contributed by atoms with Gasteiger partial charge in [0.15, 0.2) is 21.4 Å². The molecule has 1 fully saturated rings. The van der Waals surface area contributed by atoms with Gasteiger partial charge in [-0.15, -0.1) is 0 Å². The number of piperidine rings is 1. The third kappa shape index (κ3) is 6.68. The van der Waals surface area contributed by atoms with E-state index in [9.17, 15) is 22.4 Å². The van der Waals surface area contributed by atoms with Crippen molar-refractivity contribution in [2.24, 2.45) is 5.92 Å². The van der Waals surface area contributed by atoms with Crippen LogP contribution in [-0.4, -0.2) is 66.6 Å². The Morgan fingerprint density at radius 2 is 1.81 bits per heavy atom. The predicted molar refractivity (Wildman–Crippen MR) is 129 cm³/mol. The molecule has 1 aromatic heterocycles. The van der Waals surface area contributed by atoms with Gasteiger partial charge in [-0.3, -0.25) is 9.59 Å². The lowest BCUT2D eigenvalue weighted by atomic mass is 10.0. The zero-order chi connectivity index (χ0) is 26.6. The number of sulfone groups is 1. The summed E-state index contributed by atoms with van der Waals surface area (Å²) < 4.78 is 49.3. The highest BCUT2D eigenvalue weighted by Crippen LogP contribution is 2.31. The molecule has 2 amide bonds. The number of carbonyl (C=O) groups is 2. The fourth-order valence-corrected chi connectivity index (χ4v) is 4.45. The van der Waals surface area contributed by atoms with Gasteiger partial charge in [0.2, 0.25) is 23.6 Å². The summed E-state index contributed by atoms with van der Waals surface area (Å²) in [6.07, 6.45) is 3.15. The third-order valence-corrected chi connectivity index (χ3v) is 6.96. The van der Waals surface area contributed by atoms with Crippen LogP contribution in [-0.2, 0) is 19.4 Å². The number of aromatic nitrogens is 2. The molecule has 0 bridgehead atoms. The van der Waals surface area contributed by atoms with Crippen LogP contribution in [0.3, 0.4) is 0 Å². The highest BCUT2D eigenvalue weighted by atomic mass is 32.2. The number of rotatable bonds is 8. The molecular weight excluding hydrogens is 491 g/mol. The van der Waals surface area contributed by atoms with Crippen LogP contribution < -0.4 is 14.8 Å². The van der Waals surface area contributed by atoms with Gasteiger partial charge in [0.25, 0.3) is 0 Å². The highest BCUT2D eigenvalue weighted by Gasteiger charge is 2.31. The smallest absolute Gasteiger partial charge is 0.245 e. The number of halogens is 1. The van der Waals surface area contributed by atoms with Crippen molar-refractivity contribution in [1.29, 1.82) is 0 Å². The molecule has 1 N–H and O–H groups in total. The molecule has 0 saturated carbocycles. The van der Waals surface area contributed by atoms with Crippen molar-refractivity contribution in [2.45, 2.75) is 57.6 Å². The van der Waals surface area contributed by atoms with Gasteiger partial charge in [0, 0.05) is 39.1 Å². The number of benzene rings is 1. The molecule has 10 nitrogen and oxygen atoms in total. The summed E-state index contributed by atoms with van der Waals surface area (Å²) in [5.74, 6) is -1.06. The standard InChI is InChI=1S/C24H31FN4O6S/c1-14(2)21(28-16(4)30)24(31)29-10-8-17(9-11-29)34-22-15(3)23(27-13-26-22)35-20-7-6-18(12-19(20)25)36(5,32)33/h6-7,12-14,17,21H,8-11H2,1-5H3,(H,28,30). The summed E-state index contributed by atoms with van der Waals surface area (Å²) in [6, 6.07) is 2.80. The molecule has 3 rings (SSSR count). The van der Waals surface area contributed by atoms with Gasteiger partial charge in [-0.25, -0.2) is 22.8 Å². The van der Waals surface area contributed by atoms with E-state index in [2.05, 4.69) is 15.3 Å². The molecule has 1 saturated heterocycles. The highest BCUT2D eigenvalue weighted by molar-refractivity contribution is 7.90. The van der Waals surface area contributed by atoms with E-state index in [1.54, 1.807) is 11.8 Å². The lowest BCUT2D eigenvalue weighted by molar-refractivity contribution is -0.138. The average Bonchev–Trinajstić information content (AvgIpc) is 2.80. The zero-order valence-corrected chi connectivity index (χ0v) is 21.8. The molecule has 1 unspecified atom stereocenters. The van der Waals surface area contributed by atoms with E-state index in [0.717, 1.165) is 12.3 Å². The van der Waals surface area contributed by atoms with Crippen molar-refractivity contribution in [3.8, 4) is 17.5 Å². The van der Waals surface area contributed by atoms with Crippen LogP contribution in [0.5, 0.6) is 17.5 Å². The van der Waals surface area contributed by atoms with Gasteiger partial charge in [-0.1, -0.05) is 13.8 Å². The maximum absolute atomic E-state index is 14.4. The summed E-state index contributed by atoms with van der Waals surface area (Å²) in [5, 5.41) is 2.73. The van der Waals surface area contributed by atoms with Crippen LogP contribution >= 0.6 is 0 Å². The lowest BCUT2D eigenvalue weighted by Crippen LogP contribution is -2.53. The number of likely N-dealkylation sites (tertiary alicyclic amines) is 1. The van der Waals surface area contributed by atoms with Crippen molar-refractivity contribution >= 4 is 21.7 Å². The Morgan fingerprint density at radius 3 is 2.36 bits per heavy atom. The van der Waals surface area contributed by atoms with Gasteiger partial charge in [-0.2, -0.15) is 0 Å². The SMILES string of the molecule is CC(=O)NC(C(=O)N1CCC(Oc2ncnc(Oc3ccc(S(C)(=O)=O)cc3F)c2C)CC1)C(C)C. The monoisotopic (exact) mass is 522 g/mol. The van der Waals surface area contributed by atoms with Crippen molar-refractivity contribution < 1.29 is 31.9 Å². The van der Waals surface area contributed by atoms with Crippen molar-refractivity contribution in [3.63, 3.8) is 0 Å². The summed E-state index contributed by atoms with van der Waals surface area (Å²) >= 11 is 0. The minimum absolute atomic E-state index is 0.0372. The van der Waals surface area contributed by atoms with Crippen LogP contribution in [0, 0.1) is 18.7 Å².